The Labute approximate surface area is 114 Å². The van der Waals surface area contributed by atoms with Crippen molar-refractivity contribution in [2.45, 2.75) is 13.0 Å². The van der Waals surface area contributed by atoms with Gasteiger partial charge in [-0.05, 0) is 12.1 Å². The summed E-state index contributed by atoms with van der Waals surface area (Å²) in [5, 5.41) is 6.92. The second kappa shape index (κ2) is 6.49. The van der Waals surface area contributed by atoms with Gasteiger partial charge in [-0.1, -0.05) is 22.8 Å². The molecule has 1 heterocycles. The summed E-state index contributed by atoms with van der Waals surface area (Å²) >= 11 is 5.88. The van der Waals surface area contributed by atoms with Gasteiger partial charge in [0.15, 0.2) is 5.82 Å². The Kier molecular flexibility index (Phi) is 4.70. The van der Waals surface area contributed by atoms with Crippen molar-refractivity contribution in [3.8, 4) is 0 Å². The van der Waals surface area contributed by atoms with E-state index >= 15 is 0 Å². The third-order valence-corrected chi connectivity index (χ3v) is 2.73. The van der Waals surface area contributed by atoms with Crippen molar-refractivity contribution < 1.29 is 13.7 Å². The van der Waals surface area contributed by atoms with Gasteiger partial charge in [-0.15, -0.1) is 0 Å². The number of benzene rings is 1. The van der Waals surface area contributed by atoms with E-state index in [2.05, 4.69) is 15.5 Å². The first kappa shape index (κ1) is 13.8. The molecule has 0 saturated carbocycles. The molecule has 1 N–H and O–H groups in total. The Balaban J connectivity index is 1.97. The van der Waals surface area contributed by atoms with Crippen LogP contribution in [0.25, 0.3) is 0 Å². The molecule has 0 bridgehead atoms. The number of hydrogen-bond acceptors (Lipinski definition) is 5. The number of ether oxygens (including phenoxy) is 1. The molecule has 0 fully saturated rings. The van der Waals surface area contributed by atoms with Crippen LogP contribution < -0.4 is 5.32 Å². The number of aromatic nitrogens is 2. The van der Waals surface area contributed by atoms with E-state index in [0.717, 1.165) is 0 Å². The van der Waals surface area contributed by atoms with Crippen LogP contribution >= 0.6 is 11.6 Å². The summed E-state index contributed by atoms with van der Waals surface area (Å²) in [5.74, 6) is 0.496. The first-order chi connectivity index (χ1) is 9.20. The van der Waals surface area contributed by atoms with Gasteiger partial charge in [-0.2, -0.15) is 4.98 Å². The van der Waals surface area contributed by atoms with Crippen molar-refractivity contribution in [3.63, 3.8) is 0 Å². The second-order valence-corrected chi connectivity index (χ2v) is 4.20. The summed E-state index contributed by atoms with van der Waals surface area (Å²) in [4.78, 5) is 4.14. The van der Waals surface area contributed by atoms with Gasteiger partial charge in [0.1, 0.15) is 5.82 Å². The molecule has 0 spiro atoms. The molecule has 0 saturated heterocycles. The number of rotatable bonds is 6. The standard InChI is InChI=1S/C12H13ClFN3O2/c1-18-6-5-10-16-11(19-17-10)7-15-12-8(13)3-2-4-9(12)14/h2-4,15H,5-7H2,1H3. The van der Waals surface area contributed by atoms with Gasteiger partial charge < -0.3 is 14.6 Å². The van der Waals surface area contributed by atoms with Crippen LogP contribution in [0.3, 0.4) is 0 Å². The Morgan fingerprint density at radius 3 is 3.05 bits per heavy atom. The number of para-hydroxylation sites is 1. The SMILES string of the molecule is COCCc1noc(CNc2c(F)cccc2Cl)n1. The summed E-state index contributed by atoms with van der Waals surface area (Å²) in [6.07, 6.45) is 0.570. The zero-order valence-corrected chi connectivity index (χ0v) is 11.1. The van der Waals surface area contributed by atoms with E-state index < -0.39 is 5.82 Å². The average Bonchev–Trinajstić information content (AvgIpc) is 2.84. The smallest absolute Gasteiger partial charge is 0.245 e. The first-order valence-electron chi connectivity index (χ1n) is 5.69. The third kappa shape index (κ3) is 3.65. The minimum Gasteiger partial charge on any atom is -0.384 e. The predicted octanol–water partition coefficient (Wildman–Crippen LogP) is 2.66. The number of nitrogens with zero attached hydrogens (tertiary/aromatic N) is 2. The molecule has 1 aromatic heterocycles. The Morgan fingerprint density at radius 2 is 2.32 bits per heavy atom. The first-order valence-corrected chi connectivity index (χ1v) is 6.07. The molecule has 1 aromatic carbocycles. The molecule has 2 rings (SSSR count). The fourth-order valence-electron chi connectivity index (χ4n) is 1.49. The molecule has 102 valence electrons. The largest absolute Gasteiger partial charge is 0.384 e. The third-order valence-electron chi connectivity index (χ3n) is 2.42. The lowest BCUT2D eigenvalue weighted by molar-refractivity contribution is 0.199. The van der Waals surface area contributed by atoms with E-state index in [1.165, 1.54) is 6.07 Å². The minimum absolute atomic E-state index is 0.209. The lowest BCUT2D eigenvalue weighted by Crippen LogP contribution is -2.03. The number of halogens is 2. The Hall–Kier alpha value is -1.66. The van der Waals surface area contributed by atoms with Crippen molar-refractivity contribution in [1.29, 1.82) is 0 Å². The quantitative estimate of drug-likeness (QED) is 0.884. The van der Waals surface area contributed by atoms with Crippen molar-refractivity contribution in [3.05, 3.63) is 40.8 Å². The van der Waals surface area contributed by atoms with Crippen LogP contribution in [0.15, 0.2) is 22.7 Å². The van der Waals surface area contributed by atoms with Crippen molar-refractivity contribution in [1.82, 2.24) is 10.1 Å². The molecule has 0 aliphatic carbocycles. The highest BCUT2D eigenvalue weighted by Crippen LogP contribution is 2.24. The maximum atomic E-state index is 13.5. The number of hydrogen-bond donors (Lipinski definition) is 1. The van der Waals surface area contributed by atoms with E-state index in [1.54, 1.807) is 19.2 Å². The molecule has 19 heavy (non-hydrogen) atoms. The van der Waals surface area contributed by atoms with Crippen LogP contribution in [0.5, 0.6) is 0 Å². The Morgan fingerprint density at radius 1 is 1.47 bits per heavy atom. The molecule has 5 nitrogen and oxygen atoms in total. The molecular formula is C12H13ClFN3O2. The molecule has 0 aliphatic heterocycles. The van der Waals surface area contributed by atoms with Gasteiger partial charge in [0.05, 0.1) is 23.9 Å². The van der Waals surface area contributed by atoms with Crippen molar-refractivity contribution in [2.24, 2.45) is 0 Å². The lowest BCUT2D eigenvalue weighted by Gasteiger charge is -2.06. The summed E-state index contributed by atoms with van der Waals surface area (Å²) in [7, 11) is 1.60. The highest BCUT2D eigenvalue weighted by atomic mass is 35.5. The number of methoxy groups -OCH3 is 1. The van der Waals surface area contributed by atoms with Crippen LogP contribution in [-0.4, -0.2) is 23.9 Å². The van der Waals surface area contributed by atoms with Crippen LogP contribution in [0.4, 0.5) is 10.1 Å². The maximum absolute atomic E-state index is 13.5. The monoisotopic (exact) mass is 285 g/mol. The fourth-order valence-corrected chi connectivity index (χ4v) is 1.72. The molecular weight excluding hydrogens is 273 g/mol. The lowest BCUT2D eigenvalue weighted by atomic mass is 10.3. The fraction of sp³-hybridized carbons (Fsp3) is 0.333. The summed E-state index contributed by atoms with van der Waals surface area (Å²) in [6.45, 7) is 0.728. The Bertz CT molecular complexity index is 527. The number of nitrogens with one attached hydrogen (secondary N) is 1. The van der Waals surface area contributed by atoms with Crippen LogP contribution in [0.2, 0.25) is 5.02 Å². The van der Waals surface area contributed by atoms with Gasteiger partial charge >= 0.3 is 0 Å². The molecule has 0 aliphatic rings. The summed E-state index contributed by atoms with van der Waals surface area (Å²) in [5.41, 5.74) is 0.223. The normalized spacial score (nSPS) is 10.7. The molecule has 0 amide bonds. The zero-order chi connectivity index (χ0) is 13.7. The topological polar surface area (TPSA) is 60.2 Å². The highest BCUT2D eigenvalue weighted by Gasteiger charge is 2.09. The van der Waals surface area contributed by atoms with Crippen molar-refractivity contribution in [2.75, 3.05) is 19.0 Å². The maximum Gasteiger partial charge on any atom is 0.245 e. The zero-order valence-electron chi connectivity index (χ0n) is 10.3. The minimum atomic E-state index is -0.424. The average molecular weight is 286 g/mol. The van der Waals surface area contributed by atoms with Gasteiger partial charge in [-0.3, -0.25) is 0 Å². The number of anilines is 1. The molecule has 2 aromatic rings. The van der Waals surface area contributed by atoms with E-state index in [1.807, 2.05) is 0 Å². The molecule has 0 unspecified atom stereocenters. The van der Waals surface area contributed by atoms with Crippen LogP contribution in [-0.2, 0) is 17.7 Å². The van der Waals surface area contributed by atoms with Crippen LogP contribution in [0, 0.1) is 5.82 Å². The second-order valence-electron chi connectivity index (χ2n) is 3.80. The van der Waals surface area contributed by atoms with Crippen molar-refractivity contribution >= 4 is 17.3 Å². The molecule has 0 radical (unpaired) electrons. The molecule has 0 atom stereocenters. The van der Waals surface area contributed by atoms with E-state index in [9.17, 15) is 4.39 Å². The van der Waals surface area contributed by atoms with Gasteiger partial charge in [0.25, 0.3) is 0 Å². The van der Waals surface area contributed by atoms with Gasteiger partial charge in [0.2, 0.25) is 5.89 Å². The van der Waals surface area contributed by atoms with E-state index in [0.29, 0.717) is 29.8 Å². The van der Waals surface area contributed by atoms with Gasteiger partial charge in [0, 0.05) is 13.5 Å². The summed E-state index contributed by atoms with van der Waals surface area (Å²) in [6, 6.07) is 4.47. The van der Waals surface area contributed by atoms with Gasteiger partial charge in [-0.25, -0.2) is 4.39 Å². The van der Waals surface area contributed by atoms with E-state index in [-0.39, 0.29) is 12.2 Å². The molecule has 7 heteroatoms. The van der Waals surface area contributed by atoms with E-state index in [4.69, 9.17) is 20.9 Å². The van der Waals surface area contributed by atoms with Crippen LogP contribution in [0.1, 0.15) is 11.7 Å². The predicted molar refractivity (Wildman–Crippen MR) is 68.6 cm³/mol. The highest BCUT2D eigenvalue weighted by molar-refractivity contribution is 6.33. The summed E-state index contributed by atoms with van der Waals surface area (Å²) < 4.78 is 23.4.